The molecule has 0 saturated carbocycles. The van der Waals surface area contributed by atoms with Gasteiger partial charge in [-0.05, 0) is 17.7 Å². The average Bonchev–Trinajstić information content (AvgIpc) is 3.03. The van der Waals surface area contributed by atoms with Crippen molar-refractivity contribution in [3.05, 3.63) is 51.4 Å². The molecular weight excluding hydrogens is 403 g/mol. The minimum absolute atomic E-state index is 0.0238. The molecule has 0 bridgehead atoms. The van der Waals surface area contributed by atoms with Gasteiger partial charge in [-0.15, -0.1) is 0 Å². The zero-order chi connectivity index (χ0) is 21.4. The Morgan fingerprint density at radius 3 is 2.59 bits per heavy atom. The minimum atomic E-state index is -4.84. The van der Waals surface area contributed by atoms with Crippen LogP contribution in [0.3, 0.4) is 0 Å². The highest BCUT2D eigenvalue weighted by Gasteiger charge is 2.40. The van der Waals surface area contributed by atoms with Crippen LogP contribution in [0.15, 0.2) is 29.2 Å². The number of phenolic OH excluding ortho intramolecular Hbond substituents is 1. The molecule has 1 aromatic heterocycles. The van der Waals surface area contributed by atoms with Gasteiger partial charge in [0.2, 0.25) is 0 Å². The van der Waals surface area contributed by atoms with Crippen LogP contribution in [0.25, 0.3) is 0 Å². The third-order valence-corrected chi connectivity index (χ3v) is 6.52. The van der Waals surface area contributed by atoms with Gasteiger partial charge in [0.05, 0.1) is 11.9 Å². The van der Waals surface area contributed by atoms with Crippen LogP contribution in [0.2, 0.25) is 25.7 Å². The van der Waals surface area contributed by atoms with Crippen molar-refractivity contribution in [3.63, 3.8) is 0 Å². The third kappa shape index (κ3) is 4.81. The maximum atomic E-state index is 13.7. The van der Waals surface area contributed by atoms with E-state index in [1.165, 1.54) is 11.0 Å². The molecule has 0 aliphatic carbocycles. The molecule has 6 nitrogen and oxygen atoms in total. The van der Waals surface area contributed by atoms with Gasteiger partial charge in [-0.1, -0.05) is 31.8 Å². The summed E-state index contributed by atoms with van der Waals surface area (Å²) in [6.45, 7) is 6.74. The molecule has 0 spiro atoms. The molecule has 1 aromatic carbocycles. The van der Waals surface area contributed by atoms with Gasteiger partial charge in [0.15, 0.2) is 0 Å². The normalized spacial score (nSPS) is 14.3. The second kappa shape index (κ2) is 7.83. The van der Waals surface area contributed by atoms with E-state index in [0.717, 1.165) is 17.8 Å². The van der Waals surface area contributed by atoms with Crippen molar-refractivity contribution in [1.29, 1.82) is 0 Å². The van der Waals surface area contributed by atoms with Gasteiger partial charge in [-0.3, -0.25) is 4.79 Å². The van der Waals surface area contributed by atoms with E-state index in [2.05, 4.69) is 24.7 Å². The molecular formula is C19H24F3N3O3Si. The number of halogens is 3. The highest BCUT2D eigenvalue weighted by molar-refractivity contribution is 6.76. The lowest BCUT2D eigenvalue weighted by Crippen LogP contribution is -2.34. The van der Waals surface area contributed by atoms with Crippen LogP contribution in [0, 0.1) is 0 Å². The molecule has 1 aliphatic rings. The standard InChI is InChI=1S/C19H24F3N3O3Si/c1-29(2,3)8-7-28-12-25-18(27)17(19(20,21)22)15(9-23-25)24-10-13-5-4-6-16(26)14(13)11-24/h4-6,9,26H,7-8,10-12H2,1-3H3. The third-order valence-electron chi connectivity index (χ3n) is 4.82. The molecule has 1 N–H and O–H groups in total. The predicted molar refractivity (Wildman–Crippen MR) is 106 cm³/mol. The van der Waals surface area contributed by atoms with Crippen molar-refractivity contribution in [2.75, 3.05) is 11.5 Å². The van der Waals surface area contributed by atoms with Crippen LogP contribution >= 0.6 is 0 Å². The molecule has 158 valence electrons. The summed E-state index contributed by atoms with van der Waals surface area (Å²) >= 11 is 0. The molecule has 29 heavy (non-hydrogen) atoms. The second-order valence-electron chi connectivity index (χ2n) is 8.33. The number of nitrogens with zero attached hydrogens (tertiary/aromatic N) is 3. The van der Waals surface area contributed by atoms with Gasteiger partial charge in [0.1, 0.15) is 18.0 Å². The van der Waals surface area contributed by atoms with E-state index in [1.54, 1.807) is 12.1 Å². The Morgan fingerprint density at radius 1 is 1.24 bits per heavy atom. The highest BCUT2D eigenvalue weighted by Crippen LogP contribution is 2.38. The first kappa shape index (κ1) is 21.4. The van der Waals surface area contributed by atoms with E-state index in [9.17, 15) is 23.1 Å². The van der Waals surface area contributed by atoms with E-state index >= 15 is 0 Å². The SMILES string of the molecule is C[Si](C)(C)CCOCn1ncc(N2Cc3cccc(O)c3C2)c(C(F)(F)F)c1=O. The van der Waals surface area contributed by atoms with Crippen LogP contribution in [0.1, 0.15) is 16.7 Å². The number of hydrogen-bond donors (Lipinski definition) is 1. The van der Waals surface area contributed by atoms with E-state index in [-0.39, 0.29) is 31.3 Å². The molecule has 3 rings (SSSR count). The van der Waals surface area contributed by atoms with E-state index in [0.29, 0.717) is 16.9 Å². The molecule has 1 aliphatic heterocycles. The monoisotopic (exact) mass is 427 g/mol. The summed E-state index contributed by atoms with van der Waals surface area (Å²) in [5.74, 6) is 0.0238. The Labute approximate surface area is 167 Å². The van der Waals surface area contributed by atoms with Gasteiger partial charge >= 0.3 is 6.18 Å². The van der Waals surface area contributed by atoms with Crippen molar-refractivity contribution in [1.82, 2.24) is 9.78 Å². The van der Waals surface area contributed by atoms with Crippen LogP contribution in [0.5, 0.6) is 5.75 Å². The largest absolute Gasteiger partial charge is 0.508 e. The van der Waals surface area contributed by atoms with E-state index < -0.39 is 25.4 Å². The fraction of sp³-hybridized carbons (Fsp3) is 0.474. The van der Waals surface area contributed by atoms with Crippen molar-refractivity contribution >= 4 is 13.8 Å². The van der Waals surface area contributed by atoms with Gasteiger partial charge < -0.3 is 14.7 Å². The summed E-state index contributed by atoms with van der Waals surface area (Å²) in [7, 11) is -1.35. The molecule has 0 atom stereocenters. The minimum Gasteiger partial charge on any atom is -0.508 e. The lowest BCUT2D eigenvalue weighted by atomic mass is 10.1. The van der Waals surface area contributed by atoms with Gasteiger partial charge in [0, 0.05) is 33.3 Å². The Hall–Kier alpha value is -2.33. The van der Waals surface area contributed by atoms with Gasteiger partial charge in [-0.25, -0.2) is 4.68 Å². The van der Waals surface area contributed by atoms with Crippen LogP contribution in [-0.4, -0.2) is 29.6 Å². The number of hydrogen-bond acceptors (Lipinski definition) is 5. The predicted octanol–water partition coefficient (Wildman–Crippen LogP) is 3.80. The number of ether oxygens (including phenoxy) is 1. The van der Waals surface area contributed by atoms with Crippen LogP contribution in [-0.2, 0) is 30.7 Å². The quantitative estimate of drug-likeness (QED) is 0.561. The first-order valence-electron chi connectivity index (χ1n) is 9.27. The first-order valence-corrected chi connectivity index (χ1v) is 13.0. The Bertz CT molecular complexity index is 954. The molecule has 0 amide bonds. The molecule has 0 fully saturated rings. The number of phenols is 1. The molecule has 0 radical (unpaired) electrons. The Kier molecular flexibility index (Phi) is 5.77. The van der Waals surface area contributed by atoms with Gasteiger partial charge in [0.25, 0.3) is 5.56 Å². The lowest BCUT2D eigenvalue weighted by molar-refractivity contribution is -0.138. The fourth-order valence-electron chi connectivity index (χ4n) is 3.18. The van der Waals surface area contributed by atoms with E-state index in [4.69, 9.17) is 4.74 Å². The summed E-state index contributed by atoms with van der Waals surface area (Å²) in [5.41, 5.74) is -1.52. The second-order valence-corrected chi connectivity index (χ2v) is 13.9. The summed E-state index contributed by atoms with van der Waals surface area (Å²) in [5, 5.41) is 13.9. The molecule has 0 saturated heterocycles. The van der Waals surface area contributed by atoms with Crippen molar-refractivity contribution in [3.8, 4) is 5.75 Å². The number of aromatic nitrogens is 2. The van der Waals surface area contributed by atoms with Crippen LogP contribution < -0.4 is 10.5 Å². The number of alkyl halides is 3. The fourth-order valence-corrected chi connectivity index (χ4v) is 3.94. The van der Waals surface area contributed by atoms with Gasteiger partial charge in [-0.2, -0.15) is 18.3 Å². The molecule has 10 heteroatoms. The summed E-state index contributed by atoms with van der Waals surface area (Å²) in [6, 6.07) is 5.70. The smallest absolute Gasteiger partial charge is 0.423 e. The van der Waals surface area contributed by atoms with E-state index in [1.807, 2.05) is 0 Å². The number of fused-ring (bicyclic) bond motifs is 1. The average molecular weight is 427 g/mol. The summed E-state index contributed by atoms with van der Waals surface area (Å²) in [6.07, 6.45) is -3.79. The topological polar surface area (TPSA) is 67.6 Å². The zero-order valence-electron chi connectivity index (χ0n) is 16.6. The number of anilines is 1. The molecule has 0 unspecified atom stereocenters. The number of aromatic hydroxyl groups is 1. The molecule has 2 heterocycles. The van der Waals surface area contributed by atoms with Crippen molar-refractivity contribution in [2.24, 2.45) is 0 Å². The first-order chi connectivity index (χ1) is 13.5. The maximum Gasteiger partial charge on any atom is 0.423 e. The van der Waals surface area contributed by atoms with Crippen LogP contribution in [0.4, 0.5) is 18.9 Å². The highest BCUT2D eigenvalue weighted by atomic mass is 28.3. The summed E-state index contributed by atoms with van der Waals surface area (Å²) in [4.78, 5) is 14.0. The Balaban J connectivity index is 1.87. The Morgan fingerprint density at radius 2 is 1.97 bits per heavy atom. The van der Waals surface area contributed by atoms with Crippen molar-refractivity contribution in [2.45, 2.75) is 51.7 Å². The lowest BCUT2D eigenvalue weighted by Gasteiger charge is -2.22. The molecule has 2 aromatic rings. The summed E-state index contributed by atoms with van der Waals surface area (Å²) < 4.78 is 47.3. The number of benzene rings is 1. The zero-order valence-corrected chi connectivity index (χ0v) is 17.6. The maximum absolute atomic E-state index is 13.7. The van der Waals surface area contributed by atoms with Crippen molar-refractivity contribution < 1.29 is 23.0 Å². The number of rotatable bonds is 6.